The number of hydrogen-bond acceptors (Lipinski definition) is 0. The summed E-state index contributed by atoms with van der Waals surface area (Å²) in [5.41, 5.74) is 1.40. The second-order valence-electron chi connectivity index (χ2n) is 9.88. The molecule has 0 N–H and O–H groups in total. The summed E-state index contributed by atoms with van der Waals surface area (Å²) < 4.78 is 1.01. The second kappa shape index (κ2) is 18.7. The first-order valence-corrected chi connectivity index (χ1v) is 13.2. The van der Waals surface area contributed by atoms with Crippen molar-refractivity contribution in [3.8, 4) is 0 Å². The van der Waals surface area contributed by atoms with Gasteiger partial charge in [-0.05, 0) is 30.9 Å². The van der Waals surface area contributed by atoms with Crippen LogP contribution in [0.5, 0.6) is 0 Å². The molecule has 1 aromatic rings. The van der Waals surface area contributed by atoms with E-state index >= 15 is 0 Å². The van der Waals surface area contributed by atoms with Crippen molar-refractivity contribution < 1.29 is 4.48 Å². The van der Waals surface area contributed by atoms with Gasteiger partial charge in [-0.3, -0.25) is 0 Å². The zero-order chi connectivity index (χ0) is 21.8. The molecule has 0 amide bonds. The average molecular weight is 415 g/mol. The van der Waals surface area contributed by atoms with Crippen LogP contribution < -0.4 is 0 Å². The molecule has 0 saturated carbocycles. The number of hydrogen-bond donors (Lipinski definition) is 0. The first kappa shape index (κ1) is 27.0. The van der Waals surface area contributed by atoms with E-state index in [0.29, 0.717) is 0 Å². The lowest BCUT2D eigenvalue weighted by Crippen LogP contribution is -2.34. The molecule has 0 unspecified atom stereocenters. The smallest absolute Gasteiger partial charge is 0.0917 e. The molecule has 0 bridgehead atoms. The summed E-state index contributed by atoms with van der Waals surface area (Å²) in [7, 11) is 4.65. The highest BCUT2D eigenvalue weighted by molar-refractivity contribution is 5.17. The summed E-state index contributed by atoms with van der Waals surface area (Å²) in [5, 5.41) is 0. The molecule has 0 aliphatic carbocycles. The van der Waals surface area contributed by atoms with Gasteiger partial charge in [0, 0.05) is 0 Å². The molecular formula is C29H52N+. The minimum atomic E-state index is 1.01. The molecule has 1 heteroatoms. The van der Waals surface area contributed by atoms with Gasteiger partial charge in [0.15, 0.2) is 0 Å². The van der Waals surface area contributed by atoms with Gasteiger partial charge < -0.3 is 4.48 Å². The van der Waals surface area contributed by atoms with Crippen LogP contribution in [0, 0.1) is 0 Å². The fraction of sp³-hybridized carbons (Fsp3) is 0.724. The number of allylic oxidation sites excluding steroid dienone is 1. The Morgan fingerprint density at radius 1 is 0.600 bits per heavy atom. The van der Waals surface area contributed by atoms with E-state index in [-0.39, 0.29) is 0 Å². The Hall–Kier alpha value is -1.08. The Morgan fingerprint density at radius 3 is 1.50 bits per heavy atom. The maximum absolute atomic E-state index is 2.37. The summed E-state index contributed by atoms with van der Waals surface area (Å²) in [6.45, 7) is 3.55. The van der Waals surface area contributed by atoms with Crippen molar-refractivity contribution in [2.75, 3.05) is 20.6 Å². The molecule has 30 heavy (non-hydrogen) atoms. The van der Waals surface area contributed by atoms with Crippen LogP contribution in [0.1, 0.15) is 115 Å². The van der Waals surface area contributed by atoms with Gasteiger partial charge in [-0.2, -0.15) is 0 Å². The molecule has 172 valence electrons. The van der Waals surface area contributed by atoms with Crippen molar-refractivity contribution in [2.45, 2.75) is 116 Å². The van der Waals surface area contributed by atoms with Crippen molar-refractivity contribution in [3.05, 3.63) is 48.2 Å². The van der Waals surface area contributed by atoms with Crippen molar-refractivity contribution in [1.29, 1.82) is 0 Å². The zero-order valence-electron chi connectivity index (χ0n) is 20.7. The fourth-order valence-corrected chi connectivity index (χ4v) is 4.23. The molecule has 0 aliphatic heterocycles. The van der Waals surface area contributed by atoms with E-state index < -0.39 is 0 Å². The van der Waals surface area contributed by atoms with Crippen LogP contribution in [0.4, 0.5) is 0 Å². The van der Waals surface area contributed by atoms with E-state index in [9.17, 15) is 0 Å². The minimum Gasteiger partial charge on any atom is -0.302 e. The lowest BCUT2D eigenvalue weighted by molar-refractivity contribution is -0.839. The average Bonchev–Trinajstić information content (AvgIpc) is 2.74. The van der Waals surface area contributed by atoms with Crippen LogP contribution in [0.25, 0.3) is 0 Å². The second-order valence-corrected chi connectivity index (χ2v) is 9.88. The maximum atomic E-state index is 2.37. The van der Waals surface area contributed by atoms with E-state index in [1.54, 1.807) is 0 Å². The predicted molar refractivity (Wildman–Crippen MR) is 136 cm³/mol. The van der Waals surface area contributed by atoms with Crippen LogP contribution in [0.2, 0.25) is 0 Å². The summed E-state index contributed by atoms with van der Waals surface area (Å²) >= 11 is 0. The third kappa shape index (κ3) is 16.7. The summed E-state index contributed by atoms with van der Waals surface area (Å²) in [4.78, 5) is 0. The molecular weight excluding hydrogens is 362 g/mol. The Balaban J connectivity index is 1.86. The van der Waals surface area contributed by atoms with Gasteiger partial charge in [0.2, 0.25) is 0 Å². The van der Waals surface area contributed by atoms with Gasteiger partial charge in [-0.25, -0.2) is 0 Å². The zero-order valence-corrected chi connectivity index (χ0v) is 20.7. The predicted octanol–water partition coefficient (Wildman–Crippen LogP) is 9.08. The Morgan fingerprint density at radius 2 is 1.03 bits per heavy atom. The fourth-order valence-electron chi connectivity index (χ4n) is 4.23. The van der Waals surface area contributed by atoms with E-state index in [1.165, 1.54) is 115 Å². The lowest BCUT2D eigenvalue weighted by atomic mass is 10.0. The summed E-state index contributed by atoms with van der Waals surface area (Å²) in [5.74, 6) is 0. The Kier molecular flexibility index (Phi) is 16.8. The molecule has 0 fully saturated rings. The molecule has 0 aromatic heterocycles. The topological polar surface area (TPSA) is 0 Å². The normalized spacial score (nSPS) is 12.1. The lowest BCUT2D eigenvalue weighted by Gasteiger charge is -2.25. The first-order chi connectivity index (χ1) is 14.6. The number of unbranched alkanes of at least 4 members (excludes halogenated alkanes) is 15. The van der Waals surface area contributed by atoms with Crippen LogP contribution in [0.3, 0.4) is 0 Å². The van der Waals surface area contributed by atoms with E-state index in [0.717, 1.165) is 10.9 Å². The van der Waals surface area contributed by atoms with Crippen LogP contribution in [-0.4, -0.2) is 25.1 Å². The summed E-state index contributed by atoms with van der Waals surface area (Å²) in [6.07, 6.45) is 28.8. The van der Waals surface area contributed by atoms with Gasteiger partial charge >= 0.3 is 0 Å². The molecule has 0 spiro atoms. The monoisotopic (exact) mass is 414 g/mol. The number of benzene rings is 1. The quantitative estimate of drug-likeness (QED) is 0.147. The van der Waals surface area contributed by atoms with Gasteiger partial charge in [0.05, 0.1) is 26.8 Å². The van der Waals surface area contributed by atoms with E-state index in [1.807, 2.05) is 0 Å². The number of nitrogens with zero attached hydrogens (tertiary/aromatic N) is 1. The molecule has 1 aromatic carbocycles. The van der Waals surface area contributed by atoms with E-state index in [4.69, 9.17) is 0 Å². The van der Waals surface area contributed by atoms with Crippen molar-refractivity contribution in [1.82, 2.24) is 0 Å². The van der Waals surface area contributed by atoms with Crippen LogP contribution in [0.15, 0.2) is 42.6 Å². The number of quaternary nitrogens is 1. The van der Waals surface area contributed by atoms with Gasteiger partial charge in [0.1, 0.15) is 0 Å². The van der Waals surface area contributed by atoms with E-state index in [2.05, 4.69) is 63.6 Å². The largest absolute Gasteiger partial charge is 0.302 e. The molecule has 0 atom stereocenters. The Labute approximate surface area is 189 Å². The third-order valence-electron chi connectivity index (χ3n) is 6.29. The standard InChI is InChI=1S/C29H52N/c1-4-5-6-7-8-9-10-11-12-13-14-15-16-17-18-22-27-30(2,3)28-23-26-29-24-20-19-21-25-29/h19-21,23-25,28H,4-18,22,26-27H2,1-3H3/q+1. The maximum Gasteiger partial charge on any atom is 0.0917 e. The van der Waals surface area contributed by atoms with Gasteiger partial charge in [-0.15, -0.1) is 0 Å². The van der Waals surface area contributed by atoms with Crippen LogP contribution in [-0.2, 0) is 6.42 Å². The molecule has 0 radical (unpaired) electrons. The molecule has 1 rings (SSSR count). The molecule has 0 saturated heterocycles. The van der Waals surface area contributed by atoms with Gasteiger partial charge in [-0.1, -0.05) is 127 Å². The summed E-state index contributed by atoms with van der Waals surface area (Å²) in [6, 6.07) is 10.8. The van der Waals surface area contributed by atoms with Gasteiger partial charge in [0.25, 0.3) is 0 Å². The van der Waals surface area contributed by atoms with Crippen molar-refractivity contribution >= 4 is 0 Å². The number of rotatable bonds is 20. The third-order valence-corrected chi connectivity index (χ3v) is 6.29. The van der Waals surface area contributed by atoms with Crippen molar-refractivity contribution in [3.63, 3.8) is 0 Å². The molecule has 0 heterocycles. The molecule has 0 aliphatic rings. The first-order valence-electron chi connectivity index (χ1n) is 13.2. The Bertz CT molecular complexity index is 502. The van der Waals surface area contributed by atoms with Crippen LogP contribution >= 0.6 is 0 Å². The highest BCUT2D eigenvalue weighted by Gasteiger charge is 2.09. The molecule has 1 nitrogen and oxygen atoms in total. The highest BCUT2D eigenvalue weighted by atomic mass is 15.3. The highest BCUT2D eigenvalue weighted by Crippen LogP contribution is 2.14. The SMILES string of the molecule is CCCCCCCCCCCCCCCCCC[N+](C)(C)C=CCc1ccccc1. The minimum absolute atomic E-state index is 1.01. The van der Waals surface area contributed by atoms with Crippen molar-refractivity contribution in [2.24, 2.45) is 0 Å².